The van der Waals surface area contributed by atoms with Gasteiger partial charge in [-0.2, -0.15) is 0 Å². The molecule has 1 N–H and O–H groups in total. The molecule has 0 bridgehead atoms. The predicted molar refractivity (Wildman–Crippen MR) is 89.8 cm³/mol. The van der Waals surface area contributed by atoms with Gasteiger partial charge in [0.1, 0.15) is 5.75 Å². The summed E-state index contributed by atoms with van der Waals surface area (Å²) in [6.07, 6.45) is 0. The summed E-state index contributed by atoms with van der Waals surface area (Å²) < 4.78 is 6.86. The number of aromatic nitrogens is 1. The second kappa shape index (κ2) is 6.58. The van der Waals surface area contributed by atoms with E-state index in [-0.39, 0.29) is 5.54 Å². The monoisotopic (exact) mass is 348 g/mol. The lowest BCUT2D eigenvalue weighted by Gasteiger charge is -2.20. The van der Waals surface area contributed by atoms with Gasteiger partial charge < -0.3 is 10.1 Å². The van der Waals surface area contributed by atoms with Crippen LogP contribution in [0.4, 0.5) is 0 Å². The lowest BCUT2D eigenvalue weighted by Crippen LogP contribution is -2.35. The molecular weight excluding hydrogens is 328 g/mol. The SMILES string of the molecule is Cc1cc(CNC(C)(C)C)cc(Oc2ccc(Br)cc2)n1. The van der Waals surface area contributed by atoms with Crippen LogP contribution < -0.4 is 10.1 Å². The minimum absolute atomic E-state index is 0.0872. The van der Waals surface area contributed by atoms with Crippen molar-refractivity contribution in [2.24, 2.45) is 0 Å². The number of hydrogen-bond acceptors (Lipinski definition) is 3. The zero-order valence-corrected chi connectivity index (χ0v) is 14.5. The average molecular weight is 349 g/mol. The number of pyridine rings is 1. The van der Waals surface area contributed by atoms with E-state index in [0.717, 1.165) is 22.5 Å². The molecule has 112 valence electrons. The molecule has 0 aliphatic heterocycles. The van der Waals surface area contributed by atoms with E-state index < -0.39 is 0 Å². The third kappa shape index (κ3) is 5.48. The van der Waals surface area contributed by atoms with Gasteiger partial charge in [0.2, 0.25) is 5.88 Å². The summed E-state index contributed by atoms with van der Waals surface area (Å²) in [5.74, 6) is 1.41. The molecule has 21 heavy (non-hydrogen) atoms. The summed E-state index contributed by atoms with van der Waals surface area (Å²) in [6, 6.07) is 11.8. The summed E-state index contributed by atoms with van der Waals surface area (Å²) in [5.41, 5.74) is 2.21. The van der Waals surface area contributed by atoms with Crippen molar-refractivity contribution >= 4 is 15.9 Å². The van der Waals surface area contributed by atoms with Crippen LogP contribution in [0.5, 0.6) is 11.6 Å². The molecule has 0 aliphatic rings. The van der Waals surface area contributed by atoms with Crippen LogP contribution in [0.2, 0.25) is 0 Å². The fraction of sp³-hybridized carbons (Fsp3) is 0.353. The second-order valence-corrected chi connectivity index (χ2v) is 7.03. The van der Waals surface area contributed by atoms with E-state index in [4.69, 9.17) is 4.74 Å². The lowest BCUT2D eigenvalue weighted by molar-refractivity contribution is 0.421. The molecule has 4 heteroatoms. The molecule has 0 unspecified atom stereocenters. The zero-order valence-electron chi connectivity index (χ0n) is 12.9. The number of hydrogen-bond donors (Lipinski definition) is 1. The van der Waals surface area contributed by atoms with E-state index in [1.54, 1.807) is 0 Å². The summed E-state index contributed by atoms with van der Waals surface area (Å²) in [6.45, 7) is 9.24. The van der Waals surface area contributed by atoms with Gasteiger partial charge in [-0.25, -0.2) is 4.98 Å². The van der Waals surface area contributed by atoms with E-state index in [1.165, 1.54) is 5.56 Å². The van der Waals surface area contributed by atoms with Crippen molar-refractivity contribution in [3.8, 4) is 11.6 Å². The Kier molecular flexibility index (Phi) is 5.01. The molecule has 1 heterocycles. The third-order valence-corrected chi connectivity index (χ3v) is 3.38. The third-order valence-electron chi connectivity index (χ3n) is 2.85. The van der Waals surface area contributed by atoms with Crippen LogP contribution in [0, 0.1) is 6.92 Å². The van der Waals surface area contributed by atoms with Crippen LogP contribution in [0.1, 0.15) is 32.0 Å². The van der Waals surface area contributed by atoms with Gasteiger partial charge in [0, 0.05) is 28.3 Å². The normalized spacial score (nSPS) is 11.5. The minimum atomic E-state index is 0.0872. The van der Waals surface area contributed by atoms with Gasteiger partial charge in [-0.1, -0.05) is 15.9 Å². The molecule has 2 rings (SSSR count). The number of aryl methyl sites for hydroxylation is 1. The molecule has 0 amide bonds. The van der Waals surface area contributed by atoms with Crippen molar-refractivity contribution < 1.29 is 4.74 Å². The van der Waals surface area contributed by atoms with E-state index in [2.05, 4.69) is 53.1 Å². The van der Waals surface area contributed by atoms with Gasteiger partial charge >= 0.3 is 0 Å². The van der Waals surface area contributed by atoms with Crippen LogP contribution in [-0.2, 0) is 6.54 Å². The molecule has 0 spiro atoms. The van der Waals surface area contributed by atoms with Gasteiger partial charge in [0.25, 0.3) is 0 Å². The summed E-state index contributed by atoms with van der Waals surface area (Å²) in [4.78, 5) is 4.43. The number of benzene rings is 1. The lowest BCUT2D eigenvalue weighted by atomic mass is 10.1. The molecule has 1 aromatic heterocycles. The highest BCUT2D eigenvalue weighted by molar-refractivity contribution is 9.10. The van der Waals surface area contributed by atoms with Gasteiger partial charge in [0.05, 0.1) is 0 Å². The molecule has 0 saturated heterocycles. The highest BCUT2D eigenvalue weighted by Crippen LogP contribution is 2.23. The van der Waals surface area contributed by atoms with Crippen LogP contribution in [0.15, 0.2) is 40.9 Å². The number of ether oxygens (including phenoxy) is 1. The van der Waals surface area contributed by atoms with E-state index in [1.807, 2.05) is 37.3 Å². The topological polar surface area (TPSA) is 34.1 Å². The summed E-state index contributed by atoms with van der Waals surface area (Å²) in [7, 11) is 0. The molecule has 2 aromatic rings. The Morgan fingerprint density at radius 1 is 1.14 bits per heavy atom. The fourth-order valence-corrected chi connectivity index (χ4v) is 2.12. The average Bonchev–Trinajstić information content (AvgIpc) is 2.38. The molecule has 0 aliphatic carbocycles. The summed E-state index contributed by atoms with van der Waals surface area (Å²) in [5, 5.41) is 3.47. The Bertz CT molecular complexity index is 603. The molecule has 0 saturated carbocycles. The largest absolute Gasteiger partial charge is 0.439 e. The van der Waals surface area contributed by atoms with E-state index in [9.17, 15) is 0 Å². The number of halogens is 1. The first-order valence-electron chi connectivity index (χ1n) is 6.98. The molecule has 0 radical (unpaired) electrons. The molecule has 0 fully saturated rings. The van der Waals surface area contributed by atoms with Crippen molar-refractivity contribution in [3.63, 3.8) is 0 Å². The zero-order chi connectivity index (χ0) is 15.5. The Morgan fingerprint density at radius 2 is 1.81 bits per heavy atom. The maximum atomic E-state index is 5.83. The molecule has 0 atom stereocenters. The van der Waals surface area contributed by atoms with E-state index in [0.29, 0.717) is 5.88 Å². The predicted octanol–water partition coefficient (Wildman–Crippen LogP) is 4.83. The first-order valence-corrected chi connectivity index (χ1v) is 7.77. The Hall–Kier alpha value is -1.39. The highest BCUT2D eigenvalue weighted by atomic mass is 79.9. The smallest absolute Gasteiger partial charge is 0.219 e. The molecule has 1 aromatic carbocycles. The van der Waals surface area contributed by atoms with Crippen LogP contribution in [0.25, 0.3) is 0 Å². The minimum Gasteiger partial charge on any atom is -0.439 e. The maximum Gasteiger partial charge on any atom is 0.219 e. The van der Waals surface area contributed by atoms with Crippen molar-refractivity contribution in [2.45, 2.75) is 39.8 Å². The fourth-order valence-electron chi connectivity index (χ4n) is 1.85. The summed E-state index contributed by atoms with van der Waals surface area (Å²) >= 11 is 3.41. The Labute approximate surface area is 134 Å². The van der Waals surface area contributed by atoms with Crippen molar-refractivity contribution in [3.05, 3.63) is 52.1 Å². The second-order valence-electron chi connectivity index (χ2n) is 6.11. The van der Waals surface area contributed by atoms with Crippen LogP contribution >= 0.6 is 15.9 Å². The van der Waals surface area contributed by atoms with Gasteiger partial charge in [-0.05, 0) is 63.6 Å². The van der Waals surface area contributed by atoms with Gasteiger partial charge in [0.15, 0.2) is 0 Å². The van der Waals surface area contributed by atoms with Crippen molar-refractivity contribution in [1.82, 2.24) is 10.3 Å². The van der Waals surface area contributed by atoms with E-state index >= 15 is 0 Å². The number of rotatable bonds is 4. The van der Waals surface area contributed by atoms with Crippen LogP contribution in [0.3, 0.4) is 0 Å². The highest BCUT2D eigenvalue weighted by Gasteiger charge is 2.10. The molecule has 3 nitrogen and oxygen atoms in total. The Balaban J connectivity index is 2.13. The van der Waals surface area contributed by atoms with Crippen LogP contribution in [-0.4, -0.2) is 10.5 Å². The van der Waals surface area contributed by atoms with Crippen molar-refractivity contribution in [2.75, 3.05) is 0 Å². The Morgan fingerprint density at radius 3 is 2.43 bits per heavy atom. The van der Waals surface area contributed by atoms with Gasteiger partial charge in [-0.3, -0.25) is 0 Å². The maximum absolute atomic E-state index is 5.83. The quantitative estimate of drug-likeness (QED) is 0.858. The standard InChI is InChI=1S/C17H21BrN2O/c1-12-9-13(11-19-17(2,3)4)10-16(20-12)21-15-7-5-14(18)6-8-15/h5-10,19H,11H2,1-4H3. The van der Waals surface area contributed by atoms with Gasteiger partial charge in [-0.15, -0.1) is 0 Å². The van der Waals surface area contributed by atoms with Crippen molar-refractivity contribution in [1.29, 1.82) is 0 Å². The number of nitrogens with zero attached hydrogens (tertiary/aromatic N) is 1. The first kappa shape index (κ1) is 16.0. The molecular formula is C17H21BrN2O. The first-order chi connectivity index (χ1) is 9.82. The number of nitrogens with one attached hydrogen (secondary N) is 1.